The van der Waals surface area contributed by atoms with E-state index >= 15 is 0 Å². The van der Waals surface area contributed by atoms with Crippen molar-refractivity contribution in [1.82, 2.24) is 4.90 Å². The average molecular weight is 353 g/mol. The van der Waals surface area contributed by atoms with Crippen LogP contribution in [0.1, 0.15) is 46.0 Å². The number of ketones is 1. The maximum atomic E-state index is 12.1. The molecule has 4 heteroatoms. The molecule has 26 heavy (non-hydrogen) atoms. The van der Waals surface area contributed by atoms with E-state index < -0.39 is 0 Å². The van der Waals surface area contributed by atoms with Crippen molar-refractivity contribution in [3.05, 3.63) is 35.5 Å². The molecule has 2 fully saturated rings. The summed E-state index contributed by atoms with van der Waals surface area (Å²) < 4.78 is 6.00. The second kappa shape index (κ2) is 4.90. The summed E-state index contributed by atoms with van der Waals surface area (Å²) >= 11 is 0. The van der Waals surface area contributed by atoms with Gasteiger partial charge < -0.3 is 9.64 Å². The van der Waals surface area contributed by atoms with Crippen LogP contribution in [-0.4, -0.2) is 36.0 Å². The topological polar surface area (TPSA) is 46.6 Å². The van der Waals surface area contributed by atoms with Gasteiger partial charge in [0.1, 0.15) is 5.60 Å². The SMILES string of the molecule is CN1C[C@@]2(CCC3C4C=CC5=CC(=O)CCC5(C)C4=CCC32C)OC1=O. The Labute approximate surface area is 155 Å². The smallest absolute Gasteiger partial charge is 0.410 e. The van der Waals surface area contributed by atoms with Crippen LogP contribution in [-0.2, 0) is 9.53 Å². The lowest BCUT2D eigenvalue weighted by Crippen LogP contribution is -2.52. The minimum absolute atomic E-state index is 0.00639. The van der Waals surface area contributed by atoms with Gasteiger partial charge in [-0.2, -0.15) is 0 Å². The van der Waals surface area contributed by atoms with Gasteiger partial charge in [0.25, 0.3) is 0 Å². The average Bonchev–Trinajstić information content (AvgIpc) is 3.05. The van der Waals surface area contributed by atoms with Crippen LogP contribution in [0, 0.1) is 22.7 Å². The van der Waals surface area contributed by atoms with E-state index in [0.717, 1.165) is 25.7 Å². The molecule has 5 atom stereocenters. The van der Waals surface area contributed by atoms with Crippen LogP contribution in [0.15, 0.2) is 35.5 Å². The number of carbonyl (C=O) groups is 2. The van der Waals surface area contributed by atoms with Crippen LogP contribution in [0.3, 0.4) is 0 Å². The molecule has 0 aromatic carbocycles. The minimum Gasteiger partial charge on any atom is -0.440 e. The van der Waals surface area contributed by atoms with Gasteiger partial charge in [0.05, 0.1) is 6.54 Å². The maximum Gasteiger partial charge on any atom is 0.410 e. The predicted octanol–water partition coefficient (Wildman–Crippen LogP) is 4.04. The second-order valence-corrected chi connectivity index (χ2v) is 9.43. The first-order valence-corrected chi connectivity index (χ1v) is 9.87. The Balaban J connectivity index is 1.57. The van der Waals surface area contributed by atoms with E-state index in [9.17, 15) is 9.59 Å². The van der Waals surface area contributed by atoms with Crippen molar-refractivity contribution in [2.24, 2.45) is 22.7 Å². The second-order valence-electron chi connectivity index (χ2n) is 9.43. The summed E-state index contributed by atoms with van der Waals surface area (Å²) in [6.07, 6.45) is 13.2. The Bertz CT molecular complexity index is 808. The monoisotopic (exact) mass is 353 g/mol. The molecule has 1 amide bonds. The van der Waals surface area contributed by atoms with Gasteiger partial charge in [-0.15, -0.1) is 0 Å². The fraction of sp³-hybridized carbons (Fsp3) is 0.636. The number of fused-ring (bicyclic) bond motifs is 6. The number of allylic oxidation sites excluding steroid dienone is 6. The van der Waals surface area contributed by atoms with E-state index in [2.05, 4.69) is 32.1 Å². The van der Waals surface area contributed by atoms with Crippen molar-refractivity contribution in [3.63, 3.8) is 0 Å². The molecular weight excluding hydrogens is 326 g/mol. The molecule has 0 bridgehead atoms. The highest BCUT2D eigenvalue weighted by Crippen LogP contribution is 2.65. The van der Waals surface area contributed by atoms with E-state index in [-0.39, 0.29) is 28.3 Å². The summed E-state index contributed by atoms with van der Waals surface area (Å²) in [5.41, 5.74) is 2.30. The first kappa shape index (κ1) is 16.3. The number of carbonyl (C=O) groups excluding carboxylic acids is 2. The highest BCUT2D eigenvalue weighted by Gasteiger charge is 2.66. The molecule has 5 aliphatic rings. The molecule has 1 heterocycles. The molecule has 1 saturated carbocycles. The first-order valence-electron chi connectivity index (χ1n) is 9.87. The molecule has 1 spiro atoms. The van der Waals surface area contributed by atoms with E-state index in [0.29, 0.717) is 24.8 Å². The van der Waals surface area contributed by atoms with Crippen molar-refractivity contribution in [1.29, 1.82) is 0 Å². The Hall–Kier alpha value is -1.84. The van der Waals surface area contributed by atoms with Crippen molar-refractivity contribution >= 4 is 11.9 Å². The van der Waals surface area contributed by atoms with E-state index in [1.807, 2.05) is 13.1 Å². The zero-order valence-corrected chi connectivity index (χ0v) is 15.9. The number of hydrogen-bond donors (Lipinski definition) is 0. The fourth-order valence-electron chi connectivity index (χ4n) is 6.57. The number of ether oxygens (including phenoxy) is 1. The van der Waals surface area contributed by atoms with Gasteiger partial charge in [0.15, 0.2) is 5.78 Å². The molecule has 0 N–H and O–H groups in total. The summed E-state index contributed by atoms with van der Waals surface area (Å²) in [6, 6.07) is 0. The first-order chi connectivity index (χ1) is 12.3. The number of hydrogen-bond acceptors (Lipinski definition) is 3. The lowest BCUT2D eigenvalue weighted by Gasteiger charge is -2.52. The third kappa shape index (κ3) is 1.80. The molecule has 1 saturated heterocycles. The molecule has 0 radical (unpaired) electrons. The Morgan fingerprint density at radius 3 is 2.77 bits per heavy atom. The summed E-state index contributed by atoms with van der Waals surface area (Å²) in [5, 5.41) is 0. The number of nitrogens with zero attached hydrogens (tertiary/aromatic N) is 1. The summed E-state index contributed by atoms with van der Waals surface area (Å²) in [4.78, 5) is 25.8. The Kier molecular flexibility index (Phi) is 3.08. The molecule has 5 rings (SSSR count). The van der Waals surface area contributed by atoms with Crippen LogP contribution < -0.4 is 0 Å². The largest absolute Gasteiger partial charge is 0.440 e. The van der Waals surface area contributed by atoms with Crippen LogP contribution in [0.4, 0.5) is 4.79 Å². The van der Waals surface area contributed by atoms with Crippen LogP contribution >= 0.6 is 0 Å². The van der Waals surface area contributed by atoms with Gasteiger partial charge in [-0.05, 0) is 43.3 Å². The van der Waals surface area contributed by atoms with Crippen molar-refractivity contribution in [2.45, 2.75) is 51.6 Å². The standard InChI is InChI=1S/C22H27NO3/c1-20-9-6-15(24)12-14(20)4-5-16-17(20)7-10-21(2)18(16)8-11-22(21)13-23(3)19(25)26-22/h4-5,7,12,16,18H,6,8-11,13H2,1-3H3/t16?,18?,20?,21?,22-/m1/s1. The van der Waals surface area contributed by atoms with Crippen LogP contribution in [0.2, 0.25) is 0 Å². The molecule has 138 valence electrons. The quantitative estimate of drug-likeness (QED) is 0.618. The van der Waals surface area contributed by atoms with Crippen molar-refractivity contribution < 1.29 is 14.3 Å². The van der Waals surface area contributed by atoms with Gasteiger partial charge in [-0.25, -0.2) is 4.79 Å². The van der Waals surface area contributed by atoms with Crippen LogP contribution in [0.5, 0.6) is 0 Å². The van der Waals surface area contributed by atoms with E-state index in [4.69, 9.17) is 4.74 Å². The highest BCUT2D eigenvalue weighted by molar-refractivity contribution is 5.92. The third-order valence-electron chi connectivity index (χ3n) is 8.29. The summed E-state index contributed by atoms with van der Waals surface area (Å²) in [5.74, 6) is 1.14. The van der Waals surface area contributed by atoms with Gasteiger partial charge in [0, 0.05) is 30.2 Å². The number of rotatable bonds is 0. The zero-order valence-electron chi connectivity index (χ0n) is 15.9. The molecule has 4 unspecified atom stereocenters. The van der Waals surface area contributed by atoms with E-state index in [1.54, 1.807) is 4.90 Å². The Morgan fingerprint density at radius 1 is 1.23 bits per heavy atom. The molecule has 1 aliphatic heterocycles. The molecule has 0 aromatic heterocycles. The highest BCUT2D eigenvalue weighted by atomic mass is 16.6. The maximum absolute atomic E-state index is 12.1. The zero-order chi connectivity index (χ0) is 18.3. The molecule has 4 aliphatic carbocycles. The summed E-state index contributed by atoms with van der Waals surface area (Å²) in [7, 11) is 1.84. The normalized spacial score (nSPS) is 46.5. The lowest BCUT2D eigenvalue weighted by molar-refractivity contribution is -0.115. The summed E-state index contributed by atoms with van der Waals surface area (Å²) in [6.45, 7) is 5.34. The van der Waals surface area contributed by atoms with E-state index in [1.165, 1.54) is 11.1 Å². The predicted molar refractivity (Wildman–Crippen MR) is 98.4 cm³/mol. The van der Waals surface area contributed by atoms with Crippen LogP contribution in [0.25, 0.3) is 0 Å². The molecular formula is C22H27NO3. The lowest BCUT2D eigenvalue weighted by atomic mass is 9.52. The number of likely N-dealkylation sites (N-methyl/N-ethyl adjacent to an activating group) is 1. The van der Waals surface area contributed by atoms with Gasteiger partial charge in [0.2, 0.25) is 0 Å². The van der Waals surface area contributed by atoms with Gasteiger partial charge in [-0.3, -0.25) is 4.79 Å². The molecule has 0 aromatic rings. The van der Waals surface area contributed by atoms with Gasteiger partial charge in [-0.1, -0.05) is 37.6 Å². The fourth-order valence-corrected chi connectivity index (χ4v) is 6.57. The van der Waals surface area contributed by atoms with Crippen molar-refractivity contribution in [3.8, 4) is 0 Å². The molecule has 4 nitrogen and oxygen atoms in total. The van der Waals surface area contributed by atoms with Crippen molar-refractivity contribution in [2.75, 3.05) is 13.6 Å². The number of amides is 1. The third-order valence-corrected chi connectivity index (χ3v) is 8.29. The minimum atomic E-state index is -0.348. The Morgan fingerprint density at radius 2 is 2.04 bits per heavy atom. The van der Waals surface area contributed by atoms with Gasteiger partial charge >= 0.3 is 6.09 Å².